The molecular formula is C18H16BrCl3N2O3S. The lowest BCUT2D eigenvalue weighted by Gasteiger charge is -2.27. The molecule has 0 saturated heterocycles. The fourth-order valence-electron chi connectivity index (χ4n) is 2.97. The van der Waals surface area contributed by atoms with Gasteiger partial charge in [0, 0.05) is 14.9 Å². The molecule has 1 heterocycles. The second kappa shape index (κ2) is 8.79. The zero-order valence-corrected chi connectivity index (χ0v) is 19.3. The van der Waals surface area contributed by atoms with Crippen LogP contribution in [0.1, 0.15) is 37.6 Å². The quantitative estimate of drug-likeness (QED) is 0.314. The van der Waals surface area contributed by atoms with Crippen molar-refractivity contribution in [3.8, 4) is 0 Å². The number of benzene rings is 1. The van der Waals surface area contributed by atoms with Crippen LogP contribution in [0.5, 0.6) is 0 Å². The number of anilines is 1. The Morgan fingerprint density at radius 1 is 1.21 bits per heavy atom. The molecule has 0 bridgehead atoms. The molecule has 1 atom stereocenters. The van der Waals surface area contributed by atoms with Crippen LogP contribution in [0.2, 0.25) is 0 Å². The summed E-state index contributed by atoms with van der Waals surface area (Å²) in [5.74, 6) is -0.871. The zero-order chi connectivity index (χ0) is 20.5. The van der Waals surface area contributed by atoms with Crippen molar-refractivity contribution in [2.45, 2.75) is 29.2 Å². The number of halogens is 4. The molecule has 3 rings (SSSR count). The first-order valence-electron chi connectivity index (χ1n) is 8.33. The van der Waals surface area contributed by atoms with Crippen molar-refractivity contribution in [3.05, 3.63) is 50.3 Å². The summed E-state index contributed by atoms with van der Waals surface area (Å²) in [6.45, 7) is 0. The molecule has 2 N–H and O–H groups in total. The Morgan fingerprint density at radius 2 is 1.89 bits per heavy atom. The van der Waals surface area contributed by atoms with E-state index in [-0.39, 0.29) is 0 Å². The molecular weight excluding hydrogens is 511 g/mol. The van der Waals surface area contributed by atoms with Gasteiger partial charge in [0.1, 0.15) is 11.2 Å². The number of hydrogen-bond acceptors (Lipinski definition) is 5. The molecule has 0 fully saturated rings. The van der Waals surface area contributed by atoms with Crippen molar-refractivity contribution in [2.24, 2.45) is 0 Å². The Labute approximate surface area is 189 Å². The molecule has 1 unspecified atom stereocenters. The maximum atomic E-state index is 12.6. The first kappa shape index (κ1) is 21.7. The van der Waals surface area contributed by atoms with Crippen molar-refractivity contribution in [3.63, 3.8) is 0 Å². The minimum absolute atomic E-state index is 0.408. The number of fused-ring (bicyclic) bond motifs is 1. The molecule has 0 spiro atoms. The van der Waals surface area contributed by atoms with Crippen molar-refractivity contribution in [2.75, 3.05) is 12.4 Å². The van der Waals surface area contributed by atoms with Crippen LogP contribution in [0.3, 0.4) is 0 Å². The van der Waals surface area contributed by atoms with E-state index in [2.05, 4.69) is 26.6 Å². The topological polar surface area (TPSA) is 67.4 Å². The van der Waals surface area contributed by atoms with E-state index in [0.717, 1.165) is 34.2 Å². The summed E-state index contributed by atoms with van der Waals surface area (Å²) in [4.78, 5) is 26.0. The van der Waals surface area contributed by atoms with E-state index in [0.29, 0.717) is 16.1 Å². The van der Waals surface area contributed by atoms with Gasteiger partial charge in [-0.3, -0.25) is 4.79 Å². The maximum absolute atomic E-state index is 12.6. The number of amides is 1. The summed E-state index contributed by atoms with van der Waals surface area (Å²) in [5.41, 5.74) is 1.81. The predicted molar refractivity (Wildman–Crippen MR) is 117 cm³/mol. The highest BCUT2D eigenvalue weighted by molar-refractivity contribution is 9.10. The van der Waals surface area contributed by atoms with Gasteiger partial charge in [0.2, 0.25) is 3.79 Å². The molecule has 1 amide bonds. The smallest absolute Gasteiger partial charge is 0.341 e. The third-order valence-electron chi connectivity index (χ3n) is 4.30. The van der Waals surface area contributed by atoms with Crippen LogP contribution in [0.25, 0.3) is 0 Å². The summed E-state index contributed by atoms with van der Waals surface area (Å²) in [7, 11) is 1.33. The lowest BCUT2D eigenvalue weighted by Crippen LogP contribution is -2.49. The molecule has 10 heteroatoms. The molecule has 1 aromatic heterocycles. The van der Waals surface area contributed by atoms with Gasteiger partial charge in [0.25, 0.3) is 5.91 Å². The molecule has 0 aliphatic heterocycles. The minimum Gasteiger partial charge on any atom is -0.465 e. The van der Waals surface area contributed by atoms with Gasteiger partial charge in [-0.1, -0.05) is 50.7 Å². The van der Waals surface area contributed by atoms with Crippen molar-refractivity contribution in [1.82, 2.24) is 5.32 Å². The van der Waals surface area contributed by atoms with Crippen LogP contribution in [-0.4, -0.2) is 28.9 Å². The highest BCUT2D eigenvalue weighted by Crippen LogP contribution is 2.41. The lowest BCUT2D eigenvalue weighted by molar-refractivity contribution is 0.0601. The average molecular weight is 527 g/mol. The number of hydrogen-bond donors (Lipinski definition) is 2. The summed E-state index contributed by atoms with van der Waals surface area (Å²) >= 11 is 23.0. The normalized spacial score (nSPS) is 14.3. The number of aryl methyl sites for hydroxylation is 1. The van der Waals surface area contributed by atoms with Crippen molar-refractivity contribution >= 4 is 78.9 Å². The van der Waals surface area contributed by atoms with E-state index in [9.17, 15) is 9.59 Å². The number of rotatable bonds is 5. The van der Waals surface area contributed by atoms with Crippen LogP contribution < -0.4 is 10.6 Å². The second-order valence-corrected chi connectivity index (χ2v) is 10.5. The summed E-state index contributed by atoms with van der Waals surface area (Å²) in [6.07, 6.45) is 1.60. The Hall–Kier alpha value is -0.990. The van der Waals surface area contributed by atoms with Gasteiger partial charge in [-0.05, 0) is 49.1 Å². The number of ether oxygens (including phenoxy) is 1. The lowest BCUT2D eigenvalue weighted by atomic mass is 10.1. The first-order valence-corrected chi connectivity index (χ1v) is 11.1. The Kier molecular flexibility index (Phi) is 6.82. The number of carbonyl (C=O) groups excluding carboxylic acids is 2. The van der Waals surface area contributed by atoms with Gasteiger partial charge in [0.15, 0.2) is 0 Å². The van der Waals surface area contributed by atoms with Gasteiger partial charge in [-0.15, -0.1) is 11.3 Å². The van der Waals surface area contributed by atoms with Crippen LogP contribution in [0, 0.1) is 0 Å². The van der Waals surface area contributed by atoms with E-state index in [4.69, 9.17) is 39.5 Å². The first-order chi connectivity index (χ1) is 13.2. The molecule has 2 aromatic rings. The Balaban J connectivity index is 1.87. The van der Waals surface area contributed by atoms with Gasteiger partial charge in [-0.2, -0.15) is 0 Å². The van der Waals surface area contributed by atoms with Gasteiger partial charge in [-0.25, -0.2) is 4.79 Å². The molecule has 0 saturated carbocycles. The van der Waals surface area contributed by atoms with Crippen molar-refractivity contribution in [1.29, 1.82) is 0 Å². The van der Waals surface area contributed by atoms with Crippen molar-refractivity contribution < 1.29 is 14.3 Å². The largest absolute Gasteiger partial charge is 0.465 e. The maximum Gasteiger partial charge on any atom is 0.341 e. The molecule has 0 radical (unpaired) electrons. The third kappa shape index (κ3) is 4.76. The monoisotopic (exact) mass is 524 g/mol. The highest BCUT2D eigenvalue weighted by Gasteiger charge is 2.37. The number of esters is 1. The molecule has 1 aliphatic rings. The molecule has 150 valence electrons. The third-order valence-corrected chi connectivity index (χ3v) is 6.70. The van der Waals surface area contributed by atoms with Crippen LogP contribution in [-0.2, 0) is 17.6 Å². The SMILES string of the molecule is COC(=O)c1c(NC(NC(=O)c2ccc(Br)cc2)C(Cl)(Cl)Cl)sc2c1CCC2. The van der Waals surface area contributed by atoms with E-state index < -0.39 is 21.8 Å². The van der Waals surface area contributed by atoms with Gasteiger partial charge < -0.3 is 15.4 Å². The minimum atomic E-state index is -1.85. The highest BCUT2D eigenvalue weighted by atomic mass is 79.9. The van der Waals surface area contributed by atoms with E-state index in [1.165, 1.54) is 18.4 Å². The Morgan fingerprint density at radius 3 is 2.50 bits per heavy atom. The van der Waals surface area contributed by atoms with E-state index in [1.54, 1.807) is 24.3 Å². The molecule has 1 aliphatic carbocycles. The summed E-state index contributed by atoms with van der Waals surface area (Å²) in [5, 5.41) is 6.23. The summed E-state index contributed by atoms with van der Waals surface area (Å²) < 4.78 is 3.92. The van der Waals surface area contributed by atoms with Crippen LogP contribution in [0.4, 0.5) is 5.00 Å². The number of carbonyl (C=O) groups is 2. The van der Waals surface area contributed by atoms with E-state index in [1.807, 2.05) is 0 Å². The standard InChI is InChI=1S/C18H16BrCl3N2O3S/c1-27-16(26)13-11-3-2-4-12(11)28-15(13)24-17(18(20,21)22)23-14(25)9-5-7-10(19)8-6-9/h5-8,17,24H,2-4H2,1H3,(H,23,25). The zero-order valence-electron chi connectivity index (χ0n) is 14.7. The molecule has 1 aromatic carbocycles. The van der Waals surface area contributed by atoms with Crippen LogP contribution >= 0.6 is 62.1 Å². The average Bonchev–Trinajstić information content (AvgIpc) is 3.21. The summed E-state index contributed by atoms with van der Waals surface area (Å²) in [6, 6.07) is 6.78. The number of alkyl halides is 3. The molecule has 28 heavy (non-hydrogen) atoms. The van der Waals surface area contributed by atoms with Gasteiger partial charge in [0.05, 0.1) is 12.7 Å². The fraction of sp³-hybridized carbons (Fsp3) is 0.333. The van der Waals surface area contributed by atoms with E-state index >= 15 is 0 Å². The fourth-order valence-corrected chi connectivity index (χ4v) is 4.87. The second-order valence-electron chi connectivity index (χ2n) is 6.15. The molecule has 5 nitrogen and oxygen atoms in total. The number of thiophene rings is 1. The van der Waals surface area contributed by atoms with Gasteiger partial charge >= 0.3 is 5.97 Å². The Bertz CT molecular complexity index is 897. The predicted octanol–water partition coefficient (Wildman–Crippen LogP) is 5.32. The van der Waals surface area contributed by atoms with Crippen LogP contribution in [0.15, 0.2) is 28.7 Å². The number of nitrogens with one attached hydrogen (secondary N) is 2. The number of methoxy groups -OCH3 is 1.